The SMILES string of the molecule is O=Cc1ccc(OS(=O)(=O)c2ccc([N+](=O)[O-])cc2[N+](=O)[O-])c(C=O)c1. The minimum atomic E-state index is -4.80. The molecule has 0 saturated heterocycles. The summed E-state index contributed by atoms with van der Waals surface area (Å²) in [5.74, 6) is -0.460. The van der Waals surface area contributed by atoms with Gasteiger partial charge >= 0.3 is 10.1 Å². The molecule has 0 atom stereocenters. The monoisotopic (exact) mass is 380 g/mol. The molecule has 0 aromatic heterocycles. The number of carbonyl (C=O) groups is 2. The van der Waals surface area contributed by atoms with Crippen molar-refractivity contribution in [2.24, 2.45) is 0 Å². The Balaban J connectivity index is 2.55. The average molecular weight is 380 g/mol. The minimum Gasteiger partial charge on any atom is -0.378 e. The van der Waals surface area contributed by atoms with Gasteiger partial charge in [-0.25, -0.2) is 0 Å². The number of nitrogens with zero attached hydrogens (tertiary/aromatic N) is 2. The molecule has 0 heterocycles. The van der Waals surface area contributed by atoms with Crippen LogP contribution in [-0.4, -0.2) is 30.8 Å². The van der Waals surface area contributed by atoms with E-state index in [1.54, 1.807) is 0 Å². The molecule has 0 fully saturated rings. The number of hydrogen-bond acceptors (Lipinski definition) is 9. The van der Waals surface area contributed by atoms with E-state index in [2.05, 4.69) is 0 Å². The summed E-state index contributed by atoms with van der Waals surface area (Å²) in [5, 5.41) is 21.8. The lowest BCUT2D eigenvalue weighted by atomic mass is 10.1. The lowest BCUT2D eigenvalue weighted by Crippen LogP contribution is -2.13. The third-order valence-corrected chi connectivity index (χ3v) is 4.40. The van der Waals surface area contributed by atoms with Gasteiger partial charge in [-0.3, -0.25) is 29.8 Å². The van der Waals surface area contributed by atoms with E-state index >= 15 is 0 Å². The fraction of sp³-hybridized carbons (Fsp3) is 0. The van der Waals surface area contributed by atoms with Gasteiger partial charge in [0, 0.05) is 11.6 Å². The fourth-order valence-electron chi connectivity index (χ4n) is 1.94. The highest BCUT2D eigenvalue weighted by Gasteiger charge is 2.30. The van der Waals surface area contributed by atoms with E-state index < -0.39 is 42.0 Å². The first-order valence-corrected chi connectivity index (χ1v) is 8.02. The molecule has 12 heteroatoms. The van der Waals surface area contributed by atoms with Gasteiger partial charge in [0.05, 0.1) is 21.5 Å². The number of benzene rings is 2. The largest absolute Gasteiger partial charge is 0.378 e. The van der Waals surface area contributed by atoms with Crippen LogP contribution in [0.15, 0.2) is 41.3 Å². The lowest BCUT2D eigenvalue weighted by molar-refractivity contribution is -0.396. The van der Waals surface area contributed by atoms with E-state index in [9.17, 15) is 38.2 Å². The van der Waals surface area contributed by atoms with Crippen molar-refractivity contribution >= 4 is 34.1 Å². The van der Waals surface area contributed by atoms with Gasteiger partial charge in [0.2, 0.25) is 0 Å². The Bertz CT molecular complexity index is 1030. The van der Waals surface area contributed by atoms with Crippen molar-refractivity contribution in [3.05, 3.63) is 67.8 Å². The van der Waals surface area contributed by atoms with E-state index in [0.29, 0.717) is 18.4 Å². The Morgan fingerprint density at radius 3 is 2.15 bits per heavy atom. The number of nitro benzene ring substituents is 2. The topological polar surface area (TPSA) is 164 Å². The summed E-state index contributed by atoms with van der Waals surface area (Å²) in [6, 6.07) is 5.17. The summed E-state index contributed by atoms with van der Waals surface area (Å²) in [6.45, 7) is 0. The molecule has 11 nitrogen and oxygen atoms in total. The quantitative estimate of drug-likeness (QED) is 0.302. The maximum Gasteiger partial charge on any atom is 0.346 e. The number of rotatable bonds is 7. The molecule has 0 saturated carbocycles. The van der Waals surface area contributed by atoms with Crippen LogP contribution in [0.3, 0.4) is 0 Å². The molecular weight excluding hydrogens is 372 g/mol. The zero-order chi connectivity index (χ0) is 19.5. The lowest BCUT2D eigenvalue weighted by Gasteiger charge is -2.09. The first-order valence-electron chi connectivity index (χ1n) is 6.61. The van der Waals surface area contributed by atoms with Crippen LogP contribution < -0.4 is 4.18 Å². The van der Waals surface area contributed by atoms with Crippen LogP contribution >= 0.6 is 0 Å². The average Bonchev–Trinajstić information content (AvgIpc) is 2.61. The number of nitro groups is 2. The Morgan fingerprint density at radius 1 is 0.923 bits per heavy atom. The number of carbonyl (C=O) groups excluding carboxylic acids is 2. The van der Waals surface area contributed by atoms with Crippen LogP contribution in [0.4, 0.5) is 11.4 Å². The summed E-state index contributed by atoms with van der Waals surface area (Å²) in [4.78, 5) is 40.5. The van der Waals surface area contributed by atoms with Gasteiger partial charge in [0.25, 0.3) is 11.4 Å². The second-order valence-corrected chi connectivity index (χ2v) is 6.25. The van der Waals surface area contributed by atoms with E-state index in [-0.39, 0.29) is 17.4 Å². The third-order valence-electron chi connectivity index (χ3n) is 3.12. The van der Waals surface area contributed by atoms with Crippen molar-refractivity contribution in [3.8, 4) is 5.75 Å². The molecule has 2 aromatic carbocycles. The molecule has 0 aliphatic heterocycles. The van der Waals surface area contributed by atoms with Crippen LogP contribution in [0.5, 0.6) is 5.75 Å². The highest BCUT2D eigenvalue weighted by molar-refractivity contribution is 7.87. The molecule has 0 aliphatic rings. The van der Waals surface area contributed by atoms with Gasteiger partial charge in [-0.15, -0.1) is 0 Å². The van der Waals surface area contributed by atoms with Gasteiger partial charge in [0.1, 0.15) is 6.29 Å². The predicted octanol–water partition coefficient (Wildman–Crippen LogP) is 1.90. The first-order chi connectivity index (χ1) is 12.2. The first kappa shape index (κ1) is 18.7. The molecule has 26 heavy (non-hydrogen) atoms. The van der Waals surface area contributed by atoms with Crippen LogP contribution in [0, 0.1) is 20.2 Å². The van der Waals surface area contributed by atoms with Crippen LogP contribution in [0.1, 0.15) is 20.7 Å². The molecule has 0 radical (unpaired) electrons. The molecule has 0 aliphatic carbocycles. The zero-order valence-corrected chi connectivity index (χ0v) is 13.4. The predicted molar refractivity (Wildman–Crippen MR) is 84.8 cm³/mol. The van der Waals surface area contributed by atoms with Gasteiger partial charge in [0.15, 0.2) is 16.9 Å². The summed E-state index contributed by atoms with van der Waals surface area (Å²) in [6.07, 6.45) is 0.661. The molecule has 2 aromatic rings. The fourth-order valence-corrected chi connectivity index (χ4v) is 3.05. The third kappa shape index (κ3) is 3.70. The Morgan fingerprint density at radius 2 is 1.62 bits per heavy atom. The molecule has 0 unspecified atom stereocenters. The number of aldehydes is 2. The highest BCUT2D eigenvalue weighted by Crippen LogP contribution is 2.31. The van der Waals surface area contributed by atoms with Gasteiger partial charge in [-0.05, 0) is 24.3 Å². The van der Waals surface area contributed by atoms with Gasteiger partial charge in [-0.2, -0.15) is 8.42 Å². The molecule has 134 valence electrons. The Kier molecular flexibility index (Phi) is 5.07. The molecule has 0 N–H and O–H groups in total. The molecular formula is C14H8N2O9S. The Labute approximate surface area is 145 Å². The van der Waals surface area contributed by atoms with E-state index in [0.717, 1.165) is 18.2 Å². The minimum absolute atomic E-state index is 0.0816. The van der Waals surface area contributed by atoms with Crippen molar-refractivity contribution in [1.29, 1.82) is 0 Å². The highest BCUT2D eigenvalue weighted by atomic mass is 32.2. The normalized spacial score (nSPS) is 10.8. The molecule has 0 spiro atoms. The van der Waals surface area contributed by atoms with Crippen molar-refractivity contribution in [2.45, 2.75) is 4.90 Å². The standard InChI is InChI=1S/C14H8N2O9S/c17-7-9-1-3-13(10(5-9)8-18)25-26(23,24)14-4-2-11(15(19)20)6-12(14)16(21)22/h1-8H. The van der Waals surface area contributed by atoms with Crippen LogP contribution in [0.2, 0.25) is 0 Å². The molecule has 2 rings (SSSR count). The summed E-state index contributed by atoms with van der Waals surface area (Å²) < 4.78 is 29.4. The van der Waals surface area contributed by atoms with Crippen molar-refractivity contribution in [1.82, 2.24) is 0 Å². The van der Waals surface area contributed by atoms with E-state index in [4.69, 9.17) is 4.18 Å². The van der Waals surface area contributed by atoms with Gasteiger partial charge in [-0.1, -0.05) is 0 Å². The molecule has 0 bridgehead atoms. The van der Waals surface area contributed by atoms with Crippen molar-refractivity contribution < 1.29 is 32.0 Å². The number of non-ortho nitro benzene ring substituents is 1. The maximum atomic E-state index is 12.3. The summed E-state index contributed by atoms with van der Waals surface area (Å²) >= 11 is 0. The van der Waals surface area contributed by atoms with E-state index in [1.165, 1.54) is 6.07 Å². The maximum absolute atomic E-state index is 12.3. The summed E-state index contributed by atoms with van der Waals surface area (Å²) in [5.41, 5.74) is -1.93. The number of hydrogen-bond donors (Lipinski definition) is 0. The van der Waals surface area contributed by atoms with Crippen molar-refractivity contribution in [2.75, 3.05) is 0 Å². The van der Waals surface area contributed by atoms with Gasteiger partial charge < -0.3 is 4.18 Å². The van der Waals surface area contributed by atoms with Crippen molar-refractivity contribution in [3.63, 3.8) is 0 Å². The summed E-state index contributed by atoms with van der Waals surface area (Å²) in [7, 11) is -4.80. The Hall–Kier alpha value is -3.67. The molecule has 0 amide bonds. The second-order valence-electron chi connectivity index (χ2n) is 4.74. The van der Waals surface area contributed by atoms with E-state index in [1.807, 2.05) is 0 Å². The van der Waals surface area contributed by atoms with Crippen LogP contribution in [-0.2, 0) is 10.1 Å². The second kappa shape index (κ2) is 7.06. The smallest absolute Gasteiger partial charge is 0.346 e. The van der Waals surface area contributed by atoms with Crippen LogP contribution in [0.25, 0.3) is 0 Å². The zero-order valence-electron chi connectivity index (χ0n) is 12.6.